The first-order valence-electron chi connectivity index (χ1n) is 14.7. The number of pyridine rings is 1. The third kappa shape index (κ3) is 6.05. The minimum atomic E-state index is -4.18. The average molecular weight is 575 g/mol. The number of rotatable bonds is 8. The van der Waals surface area contributed by atoms with E-state index in [9.17, 15) is 13.2 Å². The molecule has 1 aromatic heterocycles. The number of carbonyl (C=O) groups is 1. The highest BCUT2D eigenvalue weighted by atomic mass is 32.2. The highest BCUT2D eigenvalue weighted by molar-refractivity contribution is 7.90. The van der Waals surface area contributed by atoms with Crippen molar-refractivity contribution in [2.24, 2.45) is 0 Å². The van der Waals surface area contributed by atoms with Crippen molar-refractivity contribution in [1.29, 1.82) is 0 Å². The molecule has 1 aliphatic heterocycles. The van der Waals surface area contributed by atoms with Crippen LogP contribution in [0.5, 0.6) is 5.75 Å². The summed E-state index contributed by atoms with van der Waals surface area (Å²) in [4.78, 5) is 22.2. The number of hydrogen-bond acceptors (Lipinski definition) is 7. The van der Waals surface area contributed by atoms with Gasteiger partial charge in [0.2, 0.25) is 0 Å². The largest absolute Gasteiger partial charge is 0.477 e. The molecule has 1 N–H and O–H groups in total. The lowest BCUT2D eigenvalue weighted by Crippen LogP contribution is -2.47. The number of amides is 1. The van der Waals surface area contributed by atoms with Gasteiger partial charge in [0.15, 0.2) is 10.6 Å². The average Bonchev–Trinajstić information content (AvgIpc) is 3.79. The summed E-state index contributed by atoms with van der Waals surface area (Å²) in [6.45, 7) is 5.05. The molecule has 216 valence electrons. The molecule has 2 saturated carbocycles. The molecule has 0 bridgehead atoms. The maximum atomic E-state index is 13.4. The molecule has 0 unspecified atom stereocenters. The summed E-state index contributed by atoms with van der Waals surface area (Å²) in [7, 11) is -4.18. The molecule has 0 radical (unpaired) electrons. The molecule has 1 saturated heterocycles. The van der Waals surface area contributed by atoms with Gasteiger partial charge in [-0.15, -0.1) is 0 Å². The maximum absolute atomic E-state index is 13.4. The molecule has 1 amide bonds. The van der Waals surface area contributed by atoms with Crippen LogP contribution in [-0.2, 0) is 14.8 Å². The predicted octanol–water partition coefficient (Wildman–Crippen LogP) is 5.18. The lowest BCUT2D eigenvalue weighted by molar-refractivity contribution is -0.128. The number of aryl methyl sites for hydroxylation is 1. The van der Waals surface area contributed by atoms with E-state index in [0.717, 1.165) is 37.1 Å². The molecule has 3 aromatic rings. The quantitative estimate of drug-likeness (QED) is 0.396. The van der Waals surface area contributed by atoms with Crippen molar-refractivity contribution in [2.45, 2.75) is 68.4 Å². The number of hydrogen-bond donors (Lipinski definition) is 1. The molecule has 9 heteroatoms. The zero-order valence-corrected chi connectivity index (χ0v) is 24.4. The molecule has 41 heavy (non-hydrogen) atoms. The lowest BCUT2D eigenvalue weighted by atomic mass is 9.83. The van der Waals surface area contributed by atoms with Crippen LogP contribution in [-0.4, -0.2) is 51.1 Å². The van der Waals surface area contributed by atoms with Crippen LogP contribution in [0, 0.1) is 6.92 Å². The van der Waals surface area contributed by atoms with E-state index in [0.29, 0.717) is 43.4 Å². The van der Waals surface area contributed by atoms with Crippen molar-refractivity contribution in [3.8, 4) is 5.75 Å². The fourth-order valence-corrected chi connectivity index (χ4v) is 7.02. The molecule has 3 fully saturated rings. The molecule has 0 atom stereocenters. The van der Waals surface area contributed by atoms with E-state index in [-0.39, 0.29) is 5.03 Å². The van der Waals surface area contributed by atoms with Gasteiger partial charge < -0.3 is 14.5 Å². The van der Waals surface area contributed by atoms with Crippen molar-refractivity contribution in [3.05, 3.63) is 77.9 Å². The summed E-state index contributed by atoms with van der Waals surface area (Å²) in [6.07, 6.45) is 6.80. The fourth-order valence-electron chi connectivity index (χ4n) is 6.01. The lowest BCUT2D eigenvalue weighted by Gasteiger charge is -2.36. The number of para-hydroxylation sites is 1. The zero-order chi connectivity index (χ0) is 28.5. The second kappa shape index (κ2) is 11.4. The third-order valence-corrected chi connectivity index (χ3v) is 9.81. The van der Waals surface area contributed by atoms with Crippen molar-refractivity contribution < 1.29 is 17.9 Å². The zero-order valence-electron chi connectivity index (χ0n) is 23.6. The molecule has 0 spiro atoms. The Balaban J connectivity index is 1.13. The van der Waals surface area contributed by atoms with Crippen molar-refractivity contribution in [2.75, 3.05) is 36.0 Å². The monoisotopic (exact) mass is 574 g/mol. The molecule has 2 heterocycles. The maximum Gasteiger partial charge on any atom is 0.281 e. The van der Waals surface area contributed by atoms with Crippen molar-refractivity contribution in [1.82, 2.24) is 9.71 Å². The Kier molecular flexibility index (Phi) is 7.64. The smallest absolute Gasteiger partial charge is 0.281 e. The molecule has 2 aliphatic carbocycles. The fraction of sp³-hybridized carbons (Fsp3) is 0.438. The Bertz CT molecular complexity index is 1490. The highest BCUT2D eigenvalue weighted by Crippen LogP contribution is 2.45. The third-order valence-electron chi connectivity index (χ3n) is 8.57. The van der Waals surface area contributed by atoms with E-state index < -0.39 is 21.5 Å². The number of nitrogens with zero attached hydrogens (tertiary/aromatic N) is 3. The van der Waals surface area contributed by atoms with Crippen molar-refractivity contribution >= 4 is 27.4 Å². The van der Waals surface area contributed by atoms with Gasteiger partial charge in [-0.2, -0.15) is 8.42 Å². The summed E-state index contributed by atoms with van der Waals surface area (Å²) in [6, 6.07) is 21.3. The number of anilines is 2. The number of piperazine rings is 1. The van der Waals surface area contributed by atoms with Gasteiger partial charge in [0.05, 0.1) is 0 Å². The van der Waals surface area contributed by atoms with Crippen LogP contribution < -0.4 is 19.3 Å². The van der Waals surface area contributed by atoms with Crippen LogP contribution in [0.2, 0.25) is 0 Å². The van der Waals surface area contributed by atoms with Gasteiger partial charge in [-0.1, -0.05) is 55.7 Å². The summed E-state index contributed by atoms with van der Waals surface area (Å²) in [5, 5.41) is -0.164. The Hall–Kier alpha value is -3.59. The Morgan fingerprint density at radius 3 is 2.32 bits per heavy atom. The van der Waals surface area contributed by atoms with Gasteiger partial charge in [-0.25, -0.2) is 9.71 Å². The van der Waals surface area contributed by atoms with Crippen LogP contribution in [0.3, 0.4) is 0 Å². The van der Waals surface area contributed by atoms with E-state index in [4.69, 9.17) is 4.74 Å². The molecular weight excluding hydrogens is 536 g/mol. The van der Waals surface area contributed by atoms with E-state index >= 15 is 0 Å². The minimum Gasteiger partial charge on any atom is -0.477 e. The van der Waals surface area contributed by atoms with Crippen LogP contribution in [0.4, 0.5) is 11.5 Å². The summed E-state index contributed by atoms with van der Waals surface area (Å²) in [5.41, 5.74) is 2.18. The van der Waals surface area contributed by atoms with Crippen LogP contribution >= 0.6 is 0 Å². The van der Waals surface area contributed by atoms with E-state index in [2.05, 4.69) is 43.8 Å². The standard InChI is InChI=1S/C32H38N4O4S/c1-24-15-16-27(25-9-4-2-5-10-25)28(23-24)40-32(17-18-32)31(37)34-41(38,39)30-14-8-13-29(33-30)36-21-19-35(20-22-36)26-11-6-3-7-12-26/h3,6-8,11-16,23,25H,2,4-5,9-10,17-22H2,1H3,(H,34,37). The first kappa shape index (κ1) is 27.6. The van der Waals surface area contributed by atoms with Gasteiger partial charge in [-0.3, -0.25) is 4.79 Å². The summed E-state index contributed by atoms with van der Waals surface area (Å²) < 4.78 is 35.3. The van der Waals surface area contributed by atoms with Crippen LogP contribution in [0.15, 0.2) is 71.8 Å². The second-order valence-electron chi connectivity index (χ2n) is 11.6. The SMILES string of the molecule is Cc1ccc(C2CCCCC2)c(OC2(C(=O)NS(=O)(=O)c3cccc(N4CCN(c5ccccc5)CC4)n3)CC2)c1. The van der Waals surface area contributed by atoms with E-state index in [1.54, 1.807) is 6.07 Å². The van der Waals surface area contributed by atoms with Gasteiger partial charge in [0, 0.05) is 44.7 Å². The van der Waals surface area contributed by atoms with Gasteiger partial charge in [0.1, 0.15) is 11.6 Å². The topological polar surface area (TPSA) is 91.8 Å². The van der Waals surface area contributed by atoms with Crippen LogP contribution in [0.1, 0.15) is 62.0 Å². The number of ether oxygens (including phenoxy) is 1. The van der Waals surface area contributed by atoms with Crippen molar-refractivity contribution in [3.63, 3.8) is 0 Å². The summed E-state index contributed by atoms with van der Waals surface area (Å²) in [5.74, 6) is 1.07. The Morgan fingerprint density at radius 2 is 1.61 bits per heavy atom. The Morgan fingerprint density at radius 1 is 0.902 bits per heavy atom. The number of nitrogens with one attached hydrogen (secondary N) is 1. The molecule has 3 aliphatic rings. The number of sulfonamides is 1. The first-order valence-corrected chi connectivity index (χ1v) is 16.2. The summed E-state index contributed by atoms with van der Waals surface area (Å²) >= 11 is 0. The van der Waals surface area contributed by atoms with Gasteiger partial charge in [0.25, 0.3) is 15.9 Å². The molecule has 2 aromatic carbocycles. The number of carbonyl (C=O) groups excluding carboxylic acids is 1. The molecule has 6 rings (SSSR count). The normalized spacial score (nSPS) is 19.0. The minimum absolute atomic E-state index is 0.164. The van der Waals surface area contributed by atoms with Gasteiger partial charge in [-0.05, 0) is 67.1 Å². The van der Waals surface area contributed by atoms with Gasteiger partial charge >= 0.3 is 0 Å². The highest BCUT2D eigenvalue weighted by Gasteiger charge is 2.54. The van der Waals surface area contributed by atoms with Crippen LogP contribution in [0.25, 0.3) is 0 Å². The number of benzene rings is 2. The van der Waals surface area contributed by atoms with E-state index in [1.165, 1.54) is 31.0 Å². The molecular formula is C32H38N4O4S. The predicted molar refractivity (Wildman–Crippen MR) is 160 cm³/mol. The Labute approximate surface area is 242 Å². The first-order chi connectivity index (χ1) is 19.8. The number of aromatic nitrogens is 1. The second-order valence-corrected chi connectivity index (χ2v) is 13.2. The molecule has 8 nitrogen and oxygen atoms in total. The van der Waals surface area contributed by atoms with E-state index in [1.807, 2.05) is 37.3 Å².